The number of hydrogen-bond acceptors (Lipinski definition) is 3. The van der Waals surface area contributed by atoms with Crippen molar-refractivity contribution < 1.29 is 13.3 Å². The van der Waals surface area contributed by atoms with E-state index in [9.17, 15) is 4.21 Å². The summed E-state index contributed by atoms with van der Waals surface area (Å²) >= 11 is -1.37. The van der Waals surface area contributed by atoms with Gasteiger partial charge < -0.3 is 9.11 Å². The molecule has 2 N–H and O–H groups in total. The average molecular weight is 240 g/mol. The van der Waals surface area contributed by atoms with Gasteiger partial charge in [-0.1, -0.05) is 24.3 Å². The number of rotatable bonds is 2. The van der Waals surface area contributed by atoms with Crippen LogP contribution in [0, 0.1) is 0 Å². The molecular formula is C10H8O3S2. The summed E-state index contributed by atoms with van der Waals surface area (Å²) in [4.78, 5) is 1.04. The van der Waals surface area contributed by atoms with Crippen molar-refractivity contribution in [2.24, 2.45) is 0 Å². The summed E-state index contributed by atoms with van der Waals surface area (Å²) in [5.41, 5.74) is 0. The zero-order chi connectivity index (χ0) is 10.8. The Balaban J connectivity index is 2.82. The first kappa shape index (κ1) is 10.6. The van der Waals surface area contributed by atoms with E-state index in [1.54, 1.807) is 30.3 Å². The Bertz CT molecular complexity index is 525. The smallest absolute Gasteiger partial charge is 0.187 e. The van der Waals surface area contributed by atoms with Crippen LogP contribution in [-0.2, 0) is 11.1 Å². The predicted octanol–water partition coefficient (Wildman–Crippen LogP) is 2.99. The zero-order valence-corrected chi connectivity index (χ0v) is 9.22. The molecule has 5 heteroatoms. The molecule has 2 aromatic rings. The van der Waals surface area contributed by atoms with Crippen LogP contribution in [0.2, 0.25) is 0 Å². The molecule has 0 saturated heterocycles. The largest absolute Gasteiger partial charge is 0.325 e. The van der Waals surface area contributed by atoms with E-state index in [1.165, 1.54) is 0 Å². The zero-order valence-electron chi connectivity index (χ0n) is 7.58. The van der Waals surface area contributed by atoms with Crippen molar-refractivity contribution in [3.05, 3.63) is 36.4 Å². The minimum atomic E-state index is -2.00. The summed E-state index contributed by atoms with van der Waals surface area (Å²) in [5, 5.41) is 1.47. The maximum atomic E-state index is 11.1. The third kappa shape index (κ3) is 1.91. The fourth-order valence-electron chi connectivity index (χ4n) is 1.48. The highest BCUT2D eigenvalue weighted by Gasteiger charge is 2.08. The maximum Gasteiger partial charge on any atom is 0.187 e. The van der Waals surface area contributed by atoms with Gasteiger partial charge in [0, 0.05) is 22.3 Å². The first-order chi connectivity index (χ1) is 7.24. The second kappa shape index (κ2) is 4.32. The van der Waals surface area contributed by atoms with Crippen molar-refractivity contribution >= 4 is 33.9 Å². The second-order valence-corrected chi connectivity index (χ2v) is 4.51. The number of benzene rings is 2. The lowest BCUT2D eigenvalue weighted by Gasteiger charge is -2.05. The van der Waals surface area contributed by atoms with Crippen LogP contribution in [0.25, 0.3) is 10.8 Å². The van der Waals surface area contributed by atoms with Crippen LogP contribution < -0.4 is 0 Å². The van der Waals surface area contributed by atoms with Crippen LogP contribution in [0.15, 0.2) is 46.2 Å². The lowest BCUT2D eigenvalue weighted by molar-refractivity contribution is 0.565. The molecule has 1 atom stereocenters. The fourth-order valence-corrected chi connectivity index (χ4v) is 2.46. The molecule has 0 aliphatic carbocycles. The summed E-state index contributed by atoms with van der Waals surface area (Å²) in [5.74, 6) is 0. The quantitative estimate of drug-likeness (QED) is 0.626. The highest BCUT2D eigenvalue weighted by molar-refractivity contribution is 7.94. The molecule has 2 aromatic carbocycles. The molecule has 2 rings (SSSR count). The van der Waals surface area contributed by atoms with Gasteiger partial charge in [-0.2, -0.15) is 0 Å². The lowest BCUT2D eigenvalue weighted by atomic mass is 10.1. The Kier molecular flexibility index (Phi) is 3.06. The molecule has 0 fully saturated rings. The molecule has 0 aromatic heterocycles. The van der Waals surface area contributed by atoms with E-state index in [0.717, 1.165) is 5.39 Å². The van der Waals surface area contributed by atoms with Crippen LogP contribution in [0.4, 0.5) is 0 Å². The van der Waals surface area contributed by atoms with Crippen molar-refractivity contribution in [3.63, 3.8) is 0 Å². The Morgan fingerprint density at radius 3 is 2.40 bits per heavy atom. The fraction of sp³-hybridized carbons (Fsp3) is 0. The molecule has 0 radical (unpaired) electrons. The van der Waals surface area contributed by atoms with Crippen LogP contribution in [0.5, 0.6) is 0 Å². The van der Waals surface area contributed by atoms with Gasteiger partial charge in [0.05, 0.1) is 4.90 Å². The summed E-state index contributed by atoms with van der Waals surface area (Å²) in [6.07, 6.45) is 0. The Hall–Kier alpha value is -0.880. The standard InChI is InChI=1S/C10H8O3S2/c11-14-9-5-1-4-8-7(9)3-2-6-10(8)15(12)13/h1-6,11H,(H,12,13). The van der Waals surface area contributed by atoms with Crippen molar-refractivity contribution in [2.45, 2.75) is 9.79 Å². The molecule has 0 heterocycles. The summed E-state index contributed by atoms with van der Waals surface area (Å²) in [6.45, 7) is 0. The van der Waals surface area contributed by atoms with E-state index in [4.69, 9.17) is 9.11 Å². The topological polar surface area (TPSA) is 57.5 Å². The number of fused-ring (bicyclic) bond motifs is 1. The van der Waals surface area contributed by atoms with Crippen molar-refractivity contribution in [2.75, 3.05) is 0 Å². The Morgan fingerprint density at radius 1 is 1.07 bits per heavy atom. The lowest BCUT2D eigenvalue weighted by Crippen LogP contribution is -1.90. The monoisotopic (exact) mass is 240 g/mol. The SMILES string of the molecule is O=S(O)c1cccc2c(SO)cccc12. The van der Waals surface area contributed by atoms with E-state index in [2.05, 4.69) is 0 Å². The van der Waals surface area contributed by atoms with Crippen LogP contribution in [-0.4, -0.2) is 13.3 Å². The molecule has 78 valence electrons. The van der Waals surface area contributed by atoms with Crippen molar-refractivity contribution in [1.82, 2.24) is 0 Å². The van der Waals surface area contributed by atoms with Crippen LogP contribution in [0.3, 0.4) is 0 Å². The van der Waals surface area contributed by atoms with E-state index in [0.29, 0.717) is 27.2 Å². The van der Waals surface area contributed by atoms with Gasteiger partial charge >= 0.3 is 0 Å². The summed E-state index contributed by atoms with van der Waals surface area (Å²) in [7, 11) is 0. The van der Waals surface area contributed by atoms with Gasteiger partial charge in [0.2, 0.25) is 0 Å². The van der Waals surface area contributed by atoms with Crippen LogP contribution in [0.1, 0.15) is 0 Å². The molecule has 0 spiro atoms. The molecule has 0 bridgehead atoms. The summed E-state index contributed by atoms with van der Waals surface area (Å²) < 4.78 is 29.2. The third-order valence-electron chi connectivity index (χ3n) is 2.13. The van der Waals surface area contributed by atoms with Gasteiger partial charge in [-0.25, -0.2) is 4.21 Å². The average Bonchev–Trinajstić information content (AvgIpc) is 2.27. The molecule has 0 aliphatic heterocycles. The predicted molar refractivity (Wildman–Crippen MR) is 61.5 cm³/mol. The Morgan fingerprint density at radius 2 is 1.73 bits per heavy atom. The maximum absolute atomic E-state index is 11.1. The van der Waals surface area contributed by atoms with E-state index >= 15 is 0 Å². The molecule has 0 aliphatic rings. The van der Waals surface area contributed by atoms with Crippen LogP contribution >= 0.6 is 12.0 Å². The minimum absolute atomic E-state index is 0.364. The molecule has 3 nitrogen and oxygen atoms in total. The highest BCUT2D eigenvalue weighted by atomic mass is 32.2. The normalized spacial score (nSPS) is 12.9. The third-order valence-corrected chi connectivity index (χ3v) is 3.41. The van der Waals surface area contributed by atoms with Gasteiger partial charge in [-0.3, -0.25) is 0 Å². The van der Waals surface area contributed by atoms with Gasteiger partial charge in [-0.15, -0.1) is 0 Å². The minimum Gasteiger partial charge on any atom is -0.325 e. The number of hydrogen-bond donors (Lipinski definition) is 2. The molecular weight excluding hydrogens is 232 g/mol. The molecule has 0 saturated carbocycles. The van der Waals surface area contributed by atoms with Gasteiger partial charge in [0.25, 0.3) is 0 Å². The van der Waals surface area contributed by atoms with Gasteiger partial charge in [0.15, 0.2) is 11.1 Å². The van der Waals surface area contributed by atoms with Gasteiger partial charge in [-0.05, 0) is 17.5 Å². The van der Waals surface area contributed by atoms with E-state index < -0.39 is 11.1 Å². The first-order valence-corrected chi connectivity index (χ1v) is 6.06. The second-order valence-electron chi connectivity index (χ2n) is 2.95. The van der Waals surface area contributed by atoms with E-state index in [1.807, 2.05) is 6.07 Å². The van der Waals surface area contributed by atoms with Crippen molar-refractivity contribution in [3.8, 4) is 0 Å². The molecule has 15 heavy (non-hydrogen) atoms. The molecule has 1 unspecified atom stereocenters. The Labute approximate surface area is 93.6 Å². The van der Waals surface area contributed by atoms with Gasteiger partial charge in [0.1, 0.15) is 0 Å². The highest BCUT2D eigenvalue weighted by Crippen LogP contribution is 2.29. The first-order valence-electron chi connectivity index (χ1n) is 4.18. The summed E-state index contributed by atoms with van der Waals surface area (Å²) in [6, 6.07) is 10.4. The van der Waals surface area contributed by atoms with Crippen molar-refractivity contribution in [1.29, 1.82) is 0 Å². The molecule has 0 amide bonds. The van der Waals surface area contributed by atoms with E-state index in [-0.39, 0.29) is 0 Å².